The van der Waals surface area contributed by atoms with Crippen molar-refractivity contribution >= 4 is 5.97 Å². The third-order valence-electron chi connectivity index (χ3n) is 1.92. The molecule has 0 amide bonds. The predicted molar refractivity (Wildman–Crippen MR) is 59.0 cm³/mol. The zero-order valence-electron chi connectivity index (χ0n) is 9.32. The van der Waals surface area contributed by atoms with Crippen molar-refractivity contribution in [1.29, 1.82) is 0 Å². The topological polar surface area (TPSA) is 26.3 Å². The normalized spacial score (nSPS) is 13.6. The molecule has 1 unspecified atom stereocenters. The van der Waals surface area contributed by atoms with Gasteiger partial charge in [0.1, 0.15) is 0 Å². The van der Waals surface area contributed by atoms with Crippen molar-refractivity contribution in [2.45, 2.75) is 33.1 Å². The molecule has 0 aromatic carbocycles. The van der Waals surface area contributed by atoms with Gasteiger partial charge in [0.2, 0.25) is 0 Å². The Morgan fingerprint density at radius 1 is 1.36 bits per heavy atom. The summed E-state index contributed by atoms with van der Waals surface area (Å²) < 4.78 is 4.58. The smallest absolute Gasteiger partial charge is 0.306 e. The minimum atomic E-state index is -0.143. The fourth-order valence-corrected chi connectivity index (χ4v) is 1.10. The van der Waals surface area contributed by atoms with E-state index in [1.54, 1.807) is 0 Å². The molecule has 14 heavy (non-hydrogen) atoms. The molecule has 0 aliphatic heterocycles. The summed E-state index contributed by atoms with van der Waals surface area (Å²) >= 11 is 0. The third-order valence-corrected chi connectivity index (χ3v) is 1.92. The number of allylic oxidation sites excluding steroid dienone is 4. The second-order valence-electron chi connectivity index (χ2n) is 3.33. The first kappa shape index (κ1) is 12.9. The van der Waals surface area contributed by atoms with Gasteiger partial charge in [-0.1, -0.05) is 31.2 Å². The summed E-state index contributed by atoms with van der Waals surface area (Å²) in [5.74, 6) is 0.128. The van der Waals surface area contributed by atoms with Gasteiger partial charge >= 0.3 is 5.97 Å². The van der Waals surface area contributed by atoms with E-state index in [1.807, 2.05) is 19.9 Å². The number of unbranched alkanes of at least 4 members (excludes halogenated alkanes) is 1. The molecule has 0 N–H and O–H groups in total. The highest BCUT2D eigenvalue weighted by Crippen LogP contribution is 2.06. The lowest BCUT2D eigenvalue weighted by atomic mass is 10.1. The molecule has 0 aliphatic rings. The second kappa shape index (κ2) is 8.54. The summed E-state index contributed by atoms with van der Waals surface area (Å²) in [4.78, 5) is 10.9. The number of carbonyl (C=O) groups excluding carboxylic acids is 1. The van der Waals surface area contributed by atoms with E-state index in [0.717, 1.165) is 12.8 Å². The first-order valence-electron chi connectivity index (χ1n) is 5.05. The molecule has 0 aliphatic carbocycles. The van der Waals surface area contributed by atoms with Crippen LogP contribution in [0.5, 0.6) is 0 Å². The highest BCUT2D eigenvalue weighted by Gasteiger charge is 2.04. The number of carbonyl (C=O) groups is 1. The summed E-state index contributed by atoms with van der Waals surface area (Å²) in [6.45, 7) is 4.03. The van der Waals surface area contributed by atoms with Gasteiger partial charge in [-0.05, 0) is 25.7 Å². The Balaban J connectivity index is 3.60. The molecule has 2 nitrogen and oxygen atoms in total. The molecule has 0 spiro atoms. The summed E-state index contributed by atoms with van der Waals surface area (Å²) in [6.07, 6.45) is 10.9. The van der Waals surface area contributed by atoms with E-state index in [9.17, 15) is 4.79 Å². The Kier molecular flexibility index (Phi) is 7.90. The average molecular weight is 196 g/mol. The Labute approximate surface area is 86.6 Å². The van der Waals surface area contributed by atoms with Crippen LogP contribution < -0.4 is 0 Å². The van der Waals surface area contributed by atoms with Crippen LogP contribution in [0.3, 0.4) is 0 Å². The minimum absolute atomic E-state index is 0.143. The number of methoxy groups -OCH3 is 1. The molecular formula is C12H20O2. The Bertz CT molecular complexity index is 204. The van der Waals surface area contributed by atoms with E-state index in [2.05, 4.69) is 23.0 Å². The van der Waals surface area contributed by atoms with Gasteiger partial charge < -0.3 is 4.74 Å². The van der Waals surface area contributed by atoms with Crippen LogP contribution in [0.25, 0.3) is 0 Å². The summed E-state index contributed by atoms with van der Waals surface area (Å²) in [7, 11) is 1.42. The van der Waals surface area contributed by atoms with Gasteiger partial charge in [0.25, 0.3) is 0 Å². The first-order chi connectivity index (χ1) is 6.70. The lowest BCUT2D eigenvalue weighted by molar-refractivity contribution is -0.141. The summed E-state index contributed by atoms with van der Waals surface area (Å²) in [6, 6.07) is 0. The van der Waals surface area contributed by atoms with Crippen molar-refractivity contribution in [2.24, 2.45) is 5.92 Å². The molecular weight excluding hydrogens is 176 g/mol. The van der Waals surface area contributed by atoms with Crippen molar-refractivity contribution < 1.29 is 9.53 Å². The molecule has 2 heteroatoms. The molecule has 80 valence electrons. The van der Waals surface area contributed by atoms with Crippen molar-refractivity contribution in [1.82, 2.24) is 0 Å². The van der Waals surface area contributed by atoms with Crippen LogP contribution in [0.2, 0.25) is 0 Å². The fourth-order valence-electron chi connectivity index (χ4n) is 1.10. The lowest BCUT2D eigenvalue weighted by Crippen LogP contribution is -2.04. The molecule has 0 fully saturated rings. The van der Waals surface area contributed by atoms with Gasteiger partial charge in [0.05, 0.1) is 13.5 Å². The molecule has 0 saturated heterocycles. The largest absolute Gasteiger partial charge is 0.469 e. The first-order valence-corrected chi connectivity index (χ1v) is 5.05. The van der Waals surface area contributed by atoms with Crippen LogP contribution in [-0.4, -0.2) is 13.1 Å². The monoisotopic (exact) mass is 196 g/mol. The van der Waals surface area contributed by atoms with Gasteiger partial charge in [-0.2, -0.15) is 0 Å². The van der Waals surface area contributed by atoms with Crippen LogP contribution in [0, 0.1) is 5.92 Å². The highest BCUT2D eigenvalue weighted by molar-refractivity contribution is 5.69. The van der Waals surface area contributed by atoms with Crippen molar-refractivity contribution in [2.75, 3.05) is 7.11 Å². The molecule has 0 aromatic rings. The molecule has 0 bridgehead atoms. The van der Waals surface area contributed by atoms with Gasteiger partial charge in [-0.3, -0.25) is 4.79 Å². The maximum Gasteiger partial charge on any atom is 0.306 e. The Morgan fingerprint density at radius 3 is 2.57 bits per heavy atom. The van der Waals surface area contributed by atoms with E-state index in [4.69, 9.17) is 0 Å². The van der Waals surface area contributed by atoms with E-state index < -0.39 is 0 Å². The van der Waals surface area contributed by atoms with Gasteiger partial charge in [0, 0.05) is 0 Å². The van der Waals surface area contributed by atoms with Crippen LogP contribution in [-0.2, 0) is 9.53 Å². The van der Waals surface area contributed by atoms with E-state index in [1.165, 1.54) is 7.11 Å². The molecule has 0 rings (SSSR count). The van der Waals surface area contributed by atoms with E-state index in [0.29, 0.717) is 6.42 Å². The molecule has 1 atom stereocenters. The minimum Gasteiger partial charge on any atom is -0.469 e. The maximum atomic E-state index is 10.9. The summed E-state index contributed by atoms with van der Waals surface area (Å²) in [5, 5.41) is 0. The number of hydrogen-bond donors (Lipinski definition) is 0. The number of esters is 1. The quantitative estimate of drug-likeness (QED) is 0.370. The number of rotatable bonds is 6. The number of hydrogen-bond acceptors (Lipinski definition) is 2. The van der Waals surface area contributed by atoms with Crippen molar-refractivity contribution in [3.8, 4) is 0 Å². The third kappa shape index (κ3) is 7.59. The van der Waals surface area contributed by atoms with Crippen LogP contribution >= 0.6 is 0 Å². The zero-order chi connectivity index (χ0) is 10.8. The van der Waals surface area contributed by atoms with Crippen LogP contribution in [0.4, 0.5) is 0 Å². The standard InChI is InChI=1S/C12H20O2/c1-4-5-6-7-8-9-11(2)10-12(13)14-3/h4-5,8-9,11H,6-7,10H2,1-3H3. The molecule has 0 heterocycles. The average Bonchev–Trinajstić information content (AvgIpc) is 2.17. The molecule has 0 saturated carbocycles. The van der Waals surface area contributed by atoms with Crippen molar-refractivity contribution in [3.05, 3.63) is 24.3 Å². The highest BCUT2D eigenvalue weighted by atomic mass is 16.5. The molecule has 0 aromatic heterocycles. The second-order valence-corrected chi connectivity index (χ2v) is 3.33. The van der Waals surface area contributed by atoms with E-state index in [-0.39, 0.29) is 11.9 Å². The van der Waals surface area contributed by atoms with Crippen LogP contribution in [0.1, 0.15) is 33.1 Å². The SMILES string of the molecule is CC=CCCC=CC(C)CC(=O)OC. The zero-order valence-corrected chi connectivity index (χ0v) is 9.32. The summed E-state index contributed by atoms with van der Waals surface area (Å²) in [5.41, 5.74) is 0. The van der Waals surface area contributed by atoms with Crippen molar-refractivity contribution in [3.63, 3.8) is 0 Å². The van der Waals surface area contributed by atoms with Crippen LogP contribution in [0.15, 0.2) is 24.3 Å². The van der Waals surface area contributed by atoms with E-state index >= 15 is 0 Å². The van der Waals surface area contributed by atoms with Gasteiger partial charge in [-0.25, -0.2) is 0 Å². The Hall–Kier alpha value is -1.05. The maximum absolute atomic E-state index is 10.9. The van der Waals surface area contributed by atoms with Gasteiger partial charge in [0.15, 0.2) is 0 Å². The lowest BCUT2D eigenvalue weighted by Gasteiger charge is -2.03. The fraction of sp³-hybridized carbons (Fsp3) is 0.583. The Morgan fingerprint density at radius 2 is 2.00 bits per heavy atom. The predicted octanol–water partition coefficient (Wildman–Crippen LogP) is 3.10. The molecule has 0 radical (unpaired) electrons. The van der Waals surface area contributed by atoms with Gasteiger partial charge in [-0.15, -0.1) is 0 Å². The number of ether oxygens (including phenoxy) is 1.